The molecule has 1 aliphatic rings. The fourth-order valence-corrected chi connectivity index (χ4v) is 1.72. The van der Waals surface area contributed by atoms with Crippen LogP contribution in [0.5, 0.6) is 0 Å². The normalized spacial score (nSPS) is 21.5. The summed E-state index contributed by atoms with van der Waals surface area (Å²) in [6.45, 7) is 1.55. The summed E-state index contributed by atoms with van der Waals surface area (Å²) in [6, 6.07) is 0. The van der Waals surface area contributed by atoms with Crippen molar-refractivity contribution in [2.45, 2.75) is 6.42 Å². The quantitative estimate of drug-likeness (QED) is 0.690. The number of amides is 1. The second kappa shape index (κ2) is 3.79. The predicted molar refractivity (Wildman–Crippen MR) is 49.7 cm³/mol. The molecule has 0 aliphatic carbocycles. The first-order chi connectivity index (χ1) is 6.81. The molecule has 2 N–H and O–H groups in total. The van der Waals surface area contributed by atoms with Crippen molar-refractivity contribution >= 4 is 5.91 Å². The average Bonchev–Trinajstić information content (AvgIpc) is 2.88. The third-order valence-corrected chi connectivity index (χ3v) is 2.58. The van der Waals surface area contributed by atoms with Crippen LogP contribution in [-0.4, -0.2) is 45.8 Å². The number of rotatable bonds is 2. The lowest BCUT2D eigenvalue weighted by atomic mass is 10.1. The monoisotopic (exact) mass is 195 g/mol. The fraction of sp³-hybridized carbons (Fsp3) is 0.556. The maximum Gasteiger partial charge on any atom is 0.257 e. The van der Waals surface area contributed by atoms with Crippen LogP contribution in [0.25, 0.3) is 0 Å². The van der Waals surface area contributed by atoms with Crippen LogP contribution in [0.3, 0.4) is 0 Å². The molecule has 5 heteroatoms. The van der Waals surface area contributed by atoms with E-state index in [2.05, 4.69) is 10.2 Å². The molecule has 1 aromatic heterocycles. The lowest BCUT2D eigenvalue weighted by molar-refractivity contribution is 0.0782. The van der Waals surface area contributed by atoms with Gasteiger partial charge in [0.2, 0.25) is 0 Å². The Labute approximate surface area is 81.7 Å². The van der Waals surface area contributed by atoms with Gasteiger partial charge in [0.05, 0.1) is 11.8 Å². The van der Waals surface area contributed by atoms with Gasteiger partial charge in [-0.1, -0.05) is 0 Å². The SMILES string of the molecule is O=C(c1cn[nH]c1)N1CC[C@H](CO)C1. The van der Waals surface area contributed by atoms with Gasteiger partial charge in [0.15, 0.2) is 0 Å². The fourth-order valence-electron chi connectivity index (χ4n) is 1.72. The van der Waals surface area contributed by atoms with Crippen molar-refractivity contribution in [3.05, 3.63) is 18.0 Å². The Morgan fingerprint density at radius 3 is 3.21 bits per heavy atom. The maximum atomic E-state index is 11.8. The summed E-state index contributed by atoms with van der Waals surface area (Å²) in [5.41, 5.74) is 0.587. The van der Waals surface area contributed by atoms with Gasteiger partial charge in [-0.05, 0) is 6.42 Å². The van der Waals surface area contributed by atoms with Gasteiger partial charge in [0, 0.05) is 31.8 Å². The van der Waals surface area contributed by atoms with Gasteiger partial charge in [-0.2, -0.15) is 5.10 Å². The molecular weight excluding hydrogens is 182 g/mol. The summed E-state index contributed by atoms with van der Waals surface area (Å²) in [4.78, 5) is 13.5. The van der Waals surface area contributed by atoms with Gasteiger partial charge in [-0.25, -0.2) is 0 Å². The van der Waals surface area contributed by atoms with Crippen molar-refractivity contribution in [2.24, 2.45) is 5.92 Å². The van der Waals surface area contributed by atoms with E-state index in [4.69, 9.17) is 5.11 Å². The number of carbonyl (C=O) groups excluding carboxylic acids is 1. The number of nitrogens with zero attached hydrogens (tertiary/aromatic N) is 2. The van der Waals surface area contributed by atoms with Crippen molar-refractivity contribution in [1.82, 2.24) is 15.1 Å². The predicted octanol–water partition coefficient (Wildman–Crippen LogP) is -0.136. The van der Waals surface area contributed by atoms with Crippen molar-refractivity contribution in [2.75, 3.05) is 19.7 Å². The van der Waals surface area contributed by atoms with E-state index in [1.54, 1.807) is 11.1 Å². The van der Waals surface area contributed by atoms with Crippen LogP contribution >= 0.6 is 0 Å². The molecule has 2 heterocycles. The summed E-state index contributed by atoms with van der Waals surface area (Å²) in [5, 5.41) is 15.3. The number of nitrogens with one attached hydrogen (secondary N) is 1. The Balaban J connectivity index is 2.00. The molecule has 1 aliphatic heterocycles. The van der Waals surface area contributed by atoms with E-state index >= 15 is 0 Å². The molecule has 76 valence electrons. The molecule has 0 bridgehead atoms. The lowest BCUT2D eigenvalue weighted by Crippen LogP contribution is -2.28. The highest BCUT2D eigenvalue weighted by atomic mass is 16.3. The van der Waals surface area contributed by atoms with E-state index in [1.165, 1.54) is 6.20 Å². The molecule has 1 fully saturated rings. The number of hydrogen-bond acceptors (Lipinski definition) is 3. The van der Waals surface area contributed by atoms with Crippen LogP contribution in [0.4, 0.5) is 0 Å². The second-order valence-corrected chi connectivity index (χ2v) is 3.58. The number of aromatic nitrogens is 2. The van der Waals surface area contributed by atoms with Gasteiger partial charge >= 0.3 is 0 Å². The molecule has 14 heavy (non-hydrogen) atoms. The number of aliphatic hydroxyl groups is 1. The molecule has 0 radical (unpaired) electrons. The molecular formula is C9H13N3O2. The van der Waals surface area contributed by atoms with Crippen LogP contribution in [0.15, 0.2) is 12.4 Å². The van der Waals surface area contributed by atoms with Crippen LogP contribution in [0.1, 0.15) is 16.8 Å². The molecule has 0 aromatic carbocycles. The first kappa shape index (κ1) is 9.21. The standard InChI is InChI=1S/C9H13N3O2/c13-6-7-1-2-12(5-7)9(14)8-3-10-11-4-8/h3-4,7,13H,1-2,5-6H2,(H,10,11)/t7-/m0/s1. The Morgan fingerprint density at radius 1 is 1.79 bits per heavy atom. The topological polar surface area (TPSA) is 69.2 Å². The summed E-state index contributed by atoms with van der Waals surface area (Å²) < 4.78 is 0. The number of aromatic amines is 1. The lowest BCUT2D eigenvalue weighted by Gasteiger charge is -2.14. The van der Waals surface area contributed by atoms with E-state index in [0.29, 0.717) is 12.1 Å². The molecule has 1 aromatic rings. The molecule has 1 amide bonds. The molecule has 0 saturated carbocycles. The zero-order chi connectivity index (χ0) is 9.97. The maximum absolute atomic E-state index is 11.8. The Morgan fingerprint density at radius 2 is 2.64 bits per heavy atom. The highest BCUT2D eigenvalue weighted by Crippen LogP contribution is 2.17. The largest absolute Gasteiger partial charge is 0.396 e. The first-order valence-corrected chi connectivity index (χ1v) is 4.70. The van der Waals surface area contributed by atoms with Crippen LogP contribution in [-0.2, 0) is 0 Å². The highest BCUT2D eigenvalue weighted by molar-refractivity contribution is 5.93. The third kappa shape index (κ3) is 1.63. The first-order valence-electron chi connectivity index (χ1n) is 4.70. The molecule has 1 atom stereocenters. The van der Waals surface area contributed by atoms with Crippen LogP contribution in [0.2, 0.25) is 0 Å². The van der Waals surface area contributed by atoms with Gasteiger partial charge in [0.25, 0.3) is 5.91 Å². The zero-order valence-corrected chi connectivity index (χ0v) is 7.81. The van der Waals surface area contributed by atoms with E-state index in [1.807, 2.05) is 0 Å². The number of hydrogen-bond donors (Lipinski definition) is 2. The molecule has 2 rings (SSSR count). The molecule has 5 nitrogen and oxygen atoms in total. The summed E-state index contributed by atoms with van der Waals surface area (Å²) in [6.07, 6.45) is 4.00. The van der Waals surface area contributed by atoms with Gasteiger partial charge in [0.1, 0.15) is 0 Å². The smallest absolute Gasteiger partial charge is 0.257 e. The van der Waals surface area contributed by atoms with Crippen molar-refractivity contribution < 1.29 is 9.90 Å². The Kier molecular flexibility index (Phi) is 2.49. The third-order valence-electron chi connectivity index (χ3n) is 2.58. The van der Waals surface area contributed by atoms with Gasteiger partial charge < -0.3 is 10.0 Å². The number of carbonyl (C=O) groups is 1. The molecule has 0 unspecified atom stereocenters. The Hall–Kier alpha value is -1.36. The average molecular weight is 195 g/mol. The molecule has 1 saturated heterocycles. The minimum Gasteiger partial charge on any atom is -0.396 e. The summed E-state index contributed by atoms with van der Waals surface area (Å²) in [5.74, 6) is 0.237. The minimum atomic E-state index is -0.00491. The van der Waals surface area contributed by atoms with Crippen molar-refractivity contribution in [3.63, 3.8) is 0 Å². The van der Waals surface area contributed by atoms with Crippen molar-refractivity contribution in [1.29, 1.82) is 0 Å². The van der Waals surface area contributed by atoms with E-state index in [-0.39, 0.29) is 18.4 Å². The number of H-pyrrole nitrogens is 1. The zero-order valence-electron chi connectivity index (χ0n) is 7.81. The number of likely N-dealkylation sites (tertiary alicyclic amines) is 1. The van der Waals surface area contributed by atoms with Crippen molar-refractivity contribution in [3.8, 4) is 0 Å². The second-order valence-electron chi connectivity index (χ2n) is 3.58. The van der Waals surface area contributed by atoms with E-state index < -0.39 is 0 Å². The summed E-state index contributed by atoms with van der Waals surface area (Å²) in [7, 11) is 0. The summed E-state index contributed by atoms with van der Waals surface area (Å²) >= 11 is 0. The Bertz CT molecular complexity index is 310. The highest BCUT2D eigenvalue weighted by Gasteiger charge is 2.26. The van der Waals surface area contributed by atoms with Gasteiger partial charge in [-0.3, -0.25) is 9.89 Å². The van der Waals surface area contributed by atoms with Crippen LogP contribution < -0.4 is 0 Å². The van der Waals surface area contributed by atoms with E-state index in [0.717, 1.165) is 13.0 Å². The van der Waals surface area contributed by atoms with Crippen LogP contribution in [0, 0.1) is 5.92 Å². The minimum absolute atomic E-state index is 0.00491. The number of aliphatic hydroxyl groups excluding tert-OH is 1. The van der Waals surface area contributed by atoms with E-state index in [9.17, 15) is 4.79 Å². The van der Waals surface area contributed by atoms with Gasteiger partial charge in [-0.15, -0.1) is 0 Å². The molecule has 0 spiro atoms.